The quantitative estimate of drug-likeness (QED) is 0.531. The highest BCUT2D eigenvalue weighted by molar-refractivity contribution is 6.30. The van der Waals surface area contributed by atoms with E-state index in [4.69, 9.17) is 16.0 Å². The third kappa shape index (κ3) is 3.69. The average Bonchev–Trinajstić information content (AvgIpc) is 2.88. The van der Waals surface area contributed by atoms with Crippen LogP contribution in [0.5, 0.6) is 0 Å². The number of benzene rings is 1. The van der Waals surface area contributed by atoms with E-state index in [-0.39, 0.29) is 17.6 Å². The molecule has 0 saturated heterocycles. The van der Waals surface area contributed by atoms with Crippen molar-refractivity contribution in [3.63, 3.8) is 0 Å². The third-order valence-corrected chi connectivity index (χ3v) is 2.56. The second-order valence-corrected chi connectivity index (χ2v) is 4.20. The number of nitrogens with zero attached hydrogens (tertiary/aromatic N) is 1. The van der Waals surface area contributed by atoms with Gasteiger partial charge in [-0.25, -0.2) is 0 Å². The van der Waals surface area contributed by atoms with Gasteiger partial charge in [0.25, 0.3) is 0 Å². The molecule has 1 N–H and O–H groups in total. The molecule has 2 rings (SSSR count). The highest BCUT2D eigenvalue weighted by Gasteiger charge is 2.10. The summed E-state index contributed by atoms with van der Waals surface area (Å²) in [6.07, 6.45) is 2.56. The van der Waals surface area contributed by atoms with Gasteiger partial charge in [-0.2, -0.15) is 0 Å². The van der Waals surface area contributed by atoms with E-state index in [1.807, 2.05) is 0 Å². The lowest BCUT2D eigenvalue weighted by molar-refractivity contribution is -0.402. The van der Waals surface area contributed by atoms with Gasteiger partial charge in [0, 0.05) is 16.8 Å². The molecule has 1 amide bonds. The molecule has 1 aromatic heterocycles. The van der Waals surface area contributed by atoms with Crippen LogP contribution in [0.4, 0.5) is 11.6 Å². The first-order valence-electron chi connectivity index (χ1n) is 5.53. The van der Waals surface area contributed by atoms with E-state index in [2.05, 4.69) is 5.32 Å². The van der Waals surface area contributed by atoms with E-state index in [1.54, 1.807) is 24.3 Å². The van der Waals surface area contributed by atoms with Gasteiger partial charge in [0.1, 0.15) is 10.7 Å². The van der Waals surface area contributed by atoms with Gasteiger partial charge < -0.3 is 9.73 Å². The van der Waals surface area contributed by atoms with Crippen LogP contribution >= 0.6 is 11.6 Å². The van der Waals surface area contributed by atoms with E-state index in [1.165, 1.54) is 24.3 Å². The number of furan rings is 1. The maximum atomic E-state index is 11.6. The molecular formula is C13H9ClN2O4. The molecule has 0 unspecified atom stereocenters. The third-order valence-electron chi connectivity index (χ3n) is 2.30. The largest absolute Gasteiger partial charge is 0.433 e. The zero-order chi connectivity index (χ0) is 14.5. The predicted molar refractivity (Wildman–Crippen MR) is 74.5 cm³/mol. The number of nitro groups is 1. The summed E-state index contributed by atoms with van der Waals surface area (Å²) in [4.78, 5) is 21.4. The highest BCUT2D eigenvalue weighted by atomic mass is 35.5. The van der Waals surface area contributed by atoms with Crippen LogP contribution in [0, 0.1) is 10.1 Å². The standard InChI is InChI=1S/C13H9ClN2O4/c14-9-1-3-10(4-2-9)15-12(17)7-5-11-6-8-13(20-11)16(18)19/h1-8H,(H,15,17). The lowest BCUT2D eigenvalue weighted by Crippen LogP contribution is -2.07. The van der Waals surface area contributed by atoms with Gasteiger partial charge in [-0.05, 0) is 36.4 Å². The molecule has 0 radical (unpaired) electrons. The lowest BCUT2D eigenvalue weighted by atomic mass is 10.3. The number of amides is 1. The molecule has 2 aromatic rings. The van der Waals surface area contributed by atoms with Crippen molar-refractivity contribution in [2.24, 2.45) is 0 Å². The summed E-state index contributed by atoms with van der Waals surface area (Å²) in [5.41, 5.74) is 0.592. The first kappa shape index (κ1) is 13.8. The first-order chi connectivity index (χ1) is 9.54. The van der Waals surface area contributed by atoms with Gasteiger partial charge in [-0.1, -0.05) is 11.6 Å². The molecule has 0 fully saturated rings. The molecular weight excluding hydrogens is 284 g/mol. The maximum Gasteiger partial charge on any atom is 0.433 e. The topological polar surface area (TPSA) is 85.4 Å². The van der Waals surface area contributed by atoms with E-state index in [9.17, 15) is 14.9 Å². The molecule has 20 heavy (non-hydrogen) atoms. The van der Waals surface area contributed by atoms with Crippen LogP contribution in [0.25, 0.3) is 6.08 Å². The molecule has 0 saturated carbocycles. The second kappa shape index (κ2) is 6.03. The first-order valence-corrected chi connectivity index (χ1v) is 5.91. The fraction of sp³-hybridized carbons (Fsp3) is 0. The fourth-order valence-corrected chi connectivity index (χ4v) is 1.53. The van der Waals surface area contributed by atoms with Crippen molar-refractivity contribution in [1.29, 1.82) is 0 Å². The van der Waals surface area contributed by atoms with E-state index >= 15 is 0 Å². The minimum absolute atomic E-state index is 0.225. The molecule has 7 heteroatoms. The summed E-state index contributed by atoms with van der Waals surface area (Å²) in [6.45, 7) is 0. The van der Waals surface area contributed by atoms with Crippen LogP contribution in [-0.2, 0) is 4.79 Å². The predicted octanol–water partition coefficient (Wildman–Crippen LogP) is 3.49. The van der Waals surface area contributed by atoms with Gasteiger partial charge in [0.15, 0.2) is 0 Å². The Morgan fingerprint density at radius 1 is 1.25 bits per heavy atom. The molecule has 6 nitrogen and oxygen atoms in total. The summed E-state index contributed by atoms with van der Waals surface area (Å²) >= 11 is 5.72. The van der Waals surface area contributed by atoms with Crippen molar-refractivity contribution in [1.82, 2.24) is 0 Å². The fourth-order valence-electron chi connectivity index (χ4n) is 1.40. The Hall–Kier alpha value is -2.60. The van der Waals surface area contributed by atoms with Crippen LogP contribution < -0.4 is 5.32 Å². The summed E-state index contributed by atoms with van der Waals surface area (Å²) in [5.74, 6) is -0.530. The normalized spacial score (nSPS) is 10.7. The molecule has 0 atom stereocenters. The maximum absolute atomic E-state index is 11.6. The van der Waals surface area contributed by atoms with Crippen molar-refractivity contribution in [3.05, 3.63) is 63.4 Å². The van der Waals surface area contributed by atoms with Crippen LogP contribution in [0.15, 0.2) is 46.9 Å². The van der Waals surface area contributed by atoms with Gasteiger partial charge in [-0.3, -0.25) is 14.9 Å². The Morgan fingerprint density at radius 2 is 1.95 bits per heavy atom. The zero-order valence-electron chi connectivity index (χ0n) is 10.1. The number of hydrogen-bond acceptors (Lipinski definition) is 4. The Bertz CT molecular complexity index is 661. The Morgan fingerprint density at radius 3 is 2.55 bits per heavy atom. The minimum Gasteiger partial charge on any atom is -0.401 e. The number of carbonyl (C=O) groups excluding carboxylic acids is 1. The van der Waals surface area contributed by atoms with Crippen LogP contribution in [-0.4, -0.2) is 10.8 Å². The number of halogens is 1. The summed E-state index contributed by atoms with van der Waals surface area (Å²) < 4.78 is 4.88. The van der Waals surface area contributed by atoms with Crippen molar-refractivity contribution in [2.45, 2.75) is 0 Å². The molecule has 0 bridgehead atoms. The second-order valence-electron chi connectivity index (χ2n) is 3.76. The van der Waals surface area contributed by atoms with Gasteiger partial charge in [0.05, 0.1) is 6.07 Å². The Labute approximate surface area is 118 Å². The summed E-state index contributed by atoms with van der Waals surface area (Å²) in [7, 11) is 0. The molecule has 0 spiro atoms. The summed E-state index contributed by atoms with van der Waals surface area (Å²) in [6, 6.07) is 9.24. The van der Waals surface area contributed by atoms with Gasteiger partial charge >= 0.3 is 5.88 Å². The Kier molecular flexibility index (Phi) is 4.17. The molecule has 0 aliphatic rings. The van der Waals surface area contributed by atoms with E-state index in [0.717, 1.165) is 0 Å². The number of rotatable bonds is 4. The van der Waals surface area contributed by atoms with Crippen molar-refractivity contribution in [3.8, 4) is 0 Å². The van der Waals surface area contributed by atoms with Crippen molar-refractivity contribution >= 4 is 35.2 Å². The number of carbonyl (C=O) groups is 1. The van der Waals surface area contributed by atoms with Crippen molar-refractivity contribution < 1.29 is 14.1 Å². The van der Waals surface area contributed by atoms with Crippen molar-refractivity contribution in [2.75, 3.05) is 5.32 Å². The average molecular weight is 293 g/mol. The van der Waals surface area contributed by atoms with E-state index < -0.39 is 4.92 Å². The molecule has 1 heterocycles. The SMILES string of the molecule is O=C(C=Cc1ccc([N+](=O)[O-])o1)Nc1ccc(Cl)cc1. The van der Waals surface area contributed by atoms with Gasteiger partial charge in [-0.15, -0.1) is 0 Å². The molecule has 0 aliphatic heterocycles. The smallest absolute Gasteiger partial charge is 0.401 e. The van der Waals surface area contributed by atoms with E-state index in [0.29, 0.717) is 10.7 Å². The molecule has 1 aromatic carbocycles. The molecule has 0 aliphatic carbocycles. The lowest BCUT2D eigenvalue weighted by Gasteiger charge is -2.01. The zero-order valence-corrected chi connectivity index (χ0v) is 10.8. The summed E-state index contributed by atoms with van der Waals surface area (Å²) in [5, 5.41) is 13.6. The Balaban J connectivity index is 1.98. The number of hydrogen-bond donors (Lipinski definition) is 1. The monoisotopic (exact) mass is 292 g/mol. The number of nitrogens with one attached hydrogen (secondary N) is 1. The molecule has 102 valence electrons. The van der Waals surface area contributed by atoms with Crippen LogP contribution in [0.1, 0.15) is 5.76 Å². The van der Waals surface area contributed by atoms with Crippen LogP contribution in [0.2, 0.25) is 5.02 Å². The highest BCUT2D eigenvalue weighted by Crippen LogP contribution is 2.17. The minimum atomic E-state index is -0.648. The number of anilines is 1. The van der Waals surface area contributed by atoms with Crippen LogP contribution in [0.3, 0.4) is 0 Å². The van der Waals surface area contributed by atoms with Gasteiger partial charge in [0.2, 0.25) is 5.91 Å².